The zero-order chi connectivity index (χ0) is 18.4. The largest absolute Gasteiger partial charge is 0.467 e. The van der Waals surface area contributed by atoms with Gasteiger partial charge in [0.15, 0.2) is 0 Å². The number of allylic oxidation sites excluding steroid dienone is 1. The number of hydrogen-bond acceptors (Lipinski definition) is 4. The van der Waals surface area contributed by atoms with Crippen molar-refractivity contribution in [2.45, 2.75) is 77.9 Å². The zero-order valence-corrected chi connectivity index (χ0v) is 15.8. The zero-order valence-electron chi connectivity index (χ0n) is 15.8. The number of ether oxygens (including phenoxy) is 2. The third-order valence-corrected chi connectivity index (χ3v) is 4.94. The molecule has 1 saturated carbocycles. The maximum atomic E-state index is 12.4. The topological polar surface area (TPSA) is 64.6 Å². The summed E-state index contributed by atoms with van der Waals surface area (Å²) in [6.07, 6.45) is 7.42. The fourth-order valence-corrected chi connectivity index (χ4v) is 3.41. The lowest BCUT2D eigenvalue weighted by Gasteiger charge is -2.34. The monoisotopic (exact) mass is 339 g/mol. The van der Waals surface area contributed by atoms with Crippen LogP contribution in [0.25, 0.3) is 0 Å². The number of alkyl carbamates (subject to hydrolysis) is 1. The lowest BCUT2D eigenvalue weighted by atomic mass is 9.86. The predicted molar refractivity (Wildman–Crippen MR) is 94.7 cm³/mol. The molecule has 1 rings (SSSR count). The highest BCUT2D eigenvalue weighted by atomic mass is 16.6. The van der Waals surface area contributed by atoms with Crippen molar-refractivity contribution < 1.29 is 19.1 Å². The van der Waals surface area contributed by atoms with Crippen molar-refractivity contribution in [2.24, 2.45) is 11.3 Å². The fourth-order valence-electron chi connectivity index (χ4n) is 3.41. The van der Waals surface area contributed by atoms with E-state index < -0.39 is 29.1 Å². The van der Waals surface area contributed by atoms with Gasteiger partial charge in [-0.05, 0) is 56.8 Å². The molecular formula is C19H33NO4. The molecule has 138 valence electrons. The molecule has 5 nitrogen and oxygen atoms in total. The average Bonchev–Trinajstić information content (AvgIpc) is 2.84. The van der Waals surface area contributed by atoms with Gasteiger partial charge in [0.1, 0.15) is 11.6 Å². The average molecular weight is 339 g/mol. The van der Waals surface area contributed by atoms with Crippen LogP contribution >= 0.6 is 0 Å². The van der Waals surface area contributed by atoms with Crippen LogP contribution in [0.5, 0.6) is 0 Å². The van der Waals surface area contributed by atoms with Gasteiger partial charge in [0.05, 0.1) is 7.11 Å². The van der Waals surface area contributed by atoms with Crippen LogP contribution in [-0.4, -0.2) is 30.8 Å². The molecular weight excluding hydrogens is 306 g/mol. The number of amides is 1. The van der Waals surface area contributed by atoms with E-state index in [1.54, 1.807) is 0 Å². The van der Waals surface area contributed by atoms with Crippen molar-refractivity contribution in [2.75, 3.05) is 7.11 Å². The Hall–Kier alpha value is -1.52. The highest BCUT2D eigenvalue weighted by Gasteiger charge is 2.43. The van der Waals surface area contributed by atoms with E-state index in [4.69, 9.17) is 9.47 Å². The Morgan fingerprint density at radius 3 is 2.62 bits per heavy atom. The number of unbranched alkanes of at least 4 members (excludes halogenated alkanes) is 1. The normalized spacial score (nSPS) is 25.0. The van der Waals surface area contributed by atoms with Crippen molar-refractivity contribution >= 4 is 12.1 Å². The minimum atomic E-state index is -0.737. The van der Waals surface area contributed by atoms with Gasteiger partial charge in [0, 0.05) is 0 Å². The summed E-state index contributed by atoms with van der Waals surface area (Å²) in [5.74, 6) is -0.104. The first-order valence-corrected chi connectivity index (χ1v) is 8.82. The number of nitrogens with one attached hydrogen (secondary N) is 1. The summed E-state index contributed by atoms with van der Waals surface area (Å²) in [6.45, 7) is 11.4. The minimum Gasteiger partial charge on any atom is -0.467 e. The van der Waals surface area contributed by atoms with Crippen LogP contribution < -0.4 is 5.32 Å². The van der Waals surface area contributed by atoms with Crippen LogP contribution in [0.1, 0.15) is 66.2 Å². The van der Waals surface area contributed by atoms with Gasteiger partial charge in [-0.1, -0.05) is 26.8 Å². The smallest absolute Gasteiger partial charge is 0.408 e. The van der Waals surface area contributed by atoms with E-state index in [0.717, 1.165) is 38.5 Å². The van der Waals surface area contributed by atoms with E-state index in [9.17, 15) is 9.59 Å². The van der Waals surface area contributed by atoms with Crippen LogP contribution in [-0.2, 0) is 14.3 Å². The third kappa shape index (κ3) is 5.53. The lowest BCUT2D eigenvalue weighted by Crippen LogP contribution is -2.51. The Morgan fingerprint density at radius 1 is 1.42 bits per heavy atom. The number of hydrogen-bond donors (Lipinski definition) is 1. The summed E-state index contributed by atoms with van der Waals surface area (Å²) in [5, 5.41) is 2.70. The molecule has 1 aliphatic carbocycles. The second-order valence-corrected chi connectivity index (χ2v) is 7.98. The maximum absolute atomic E-state index is 12.4. The molecule has 0 radical (unpaired) electrons. The molecule has 1 amide bonds. The molecule has 24 heavy (non-hydrogen) atoms. The summed E-state index contributed by atoms with van der Waals surface area (Å²) < 4.78 is 10.6. The summed E-state index contributed by atoms with van der Waals surface area (Å²) in [7, 11) is 1.32. The van der Waals surface area contributed by atoms with E-state index in [0.29, 0.717) is 5.92 Å². The molecule has 3 atom stereocenters. The maximum Gasteiger partial charge on any atom is 0.408 e. The molecule has 0 aromatic heterocycles. The molecule has 0 heterocycles. The quantitative estimate of drug-likeness (QED) is 0.428. The molecule has 0 aromatic rings. The van der Waals surface area contributed by atoms with E-state index in [-0.39, 0.29) is 0 Å². The Balaban J connectivity index is 2.70. The molecule has 0 aliphatic heterocycles. The molecule has 3 unspecified atom stereocenters. The first-order chi connectivity index (χ1) is 11.1. The Bertz CT molecular complexity index is 455. The van der Waals surface area contributed by atoms with Gasteiger partial charge < -0.3 is 14.8 Å². The van der Waals surface area contributed by atoms with Crippen molar-refractivity contribution in [1.82, 2.24) is 5.32 Å². The third-order valence-electron chi connectivity index (χ3n) is 4.94. The van der Waals surface area contributed by atoms with Gasteiger partial charge >= 0.3 is 12.1 Å². The predicted octanol–water partition coefficient (Wildman–Crippen LogP) is 4.22. The highest BCUT2D eigenvalue weighted by Crippen LogP contribution is 2.41. The van der Waals surface area contributed by atoms with Gasteiger partial charge in [-0.2, -0.15) is 0 Å². The van der Waals surface area contributed by atoms with Gasteiger partial charge in [0.25, 0.3) is 0 Å². The van der Waals surface area contributed by atoms with Gasteiger partial charge in [-0.3, -0.25) is 0 Å². The second-order valence-electron chi connectivity index (χ2n) is 7.98. The van der Waals surface area contributed by atoms with Crippen molar-refractivity contribution in [3.63, 3.8) is 0 Å². The molecule has 1 fully saturated rings. The lowest BCUT2D eigenvalue weighted by molar-refractivity contribution is -0.146. The van der Waals surface area contributed by atoms with Gasteiger partial charge in [-0.15, -0.1) is 6.58 Å². The standard InChI is InChI=1S/C19H33NO4/c1-7-8-9-11-14-12-10-13-19(14,5)24-17(22)20-15(16(21)23-6)18(2,3)4/h7,14-15H,1,8-13H2,2-6H3,(H,20,22). The molecule has 1 N–H and O–H groups in total. The van der Waals surface area contributed by atoms with E-state index in [1.165, 1.54) is 7.11 Å². The number of carbonyl (C=O) groups is 2. The van der Waals surface area contributed by atoms with Gasteiger partial charge in [-0.25, -0.2) is 9.59 Å². The molecule has 0 spiro atoms. The summed E-state index contributed by atoms with van der Waals surface area (Å²) >= 11 is 0. The molecule has 0 aromatic carbocycles. The molecule has 1 aliphatic rings. The highest BCUT2D eigenvalue weighted by molar-refractivity contribution is 5.82. The van der Waals surface area contributed by atoms with E-state index >= 15 is 0 Å². The van der Waals surface area contributed by atoms with Gasteiger partial charge in [0.2, 0.25) is 0 Å². The minimum absolute atomic E-state index is 0.356. The summed E-state index contributed by atoms with van der Waals surface area (Å²) in [5.41, 5.74) is -0.921. The van der Waals surface area contributed by atoms with Crippen LogP contribution in [0, 0.1) is 11.3 Å². The first-order valence-electron chi connectivity index (χ1n) is 8.82. The molecule has 0 saturated heterocycles. The van der Waals surface area contributed by atoms with Crippen LogP contribution in [0.3, 0.4) is 0 Å². The van der Waals surface area contributed by atoms with Crippen LogP contribution in [0.2, 0.25) is 0 Å². The van der Waals surface area contributed by atoms with E-state index in [1.807, 2.05) is 33.8 Å². The molecule has 5 heteroatoms. The number of rotatable bonds is 7. The van der Waals surface area contributed by atoms with Crippen molar-refractivity contribution in [3.8, 4) is 0 Å². The fraction of sp³-hybridized carbons (Fsp3) is 0.789. The second kappa shape index (κ2) is 8.54. The Morgan fingerprint density at radius 2 is 2.08 bits per heavy atom. The Kier molecular flexibility index (Phi) is 7.30. The first kappa shape index (κ1) is 20.5. The van der Waals surface area contributed by atoms with E-state index in [2.05, 4.69) is 11.9 Å². The number of esters is 1. The van der Waals surface area contributed by atoms with Crippen molar-refractivity contribution in [3.05, 3.63) is 12.7 Å². The molecule has 0 bridgehead atoms. The number of methoxy groups -OCH3 is 1. The summed E-state index contributed by atoms with van der Waals surface area (Å²) in [4.78, 5) is 24.3. The number of carbonyl (C=O) groups excluding carboxylic acids is 2. The van der Waals surface area contributed by atoms with Crippen molar-refractivity contribution in [1.29, 1.82) is 0 Å². The summed E-state index contributed by atoms with van der Waals surface area (Å²) in [6, 6.07) is -0.737. The van der Waals surface area contributed by atoms with Crippen LogP contribution in [0.15, 0.2) is 12.7 Å². The van der Waals surface area contributed by atoms with Crippen LogP contribution in [0.4, 0.5) is 4.79 Å². The Labute approximate surface area is 146 Å². The SMILES string of the molecule is C=CCCCC1CCCC1(C)OC(=O)NC(C(=O)OC)C(C)(C)C.